The molecule has 4 rings (SSSR count). The van der Waals surface area contributed by atoms with E-state index in [4.69, 9.17) is 0 Å². The molecule has 0 bridgehead atoms. The number of hydrogen-bond acceptors (Lipinski definition) is 3. The van der Waals surface area contributed by atoms with E-state index >= 15 is 0 Å². The Hall–Kier alpha value is -3.13. The fraction of sp³-hybridized carbons (Fsp3) is 0.238. The molecule has 1 saturated heterocycles. The highest BCUT2D eigenvalue weighted by molar-refractivity contribution is 5.90. The van der Waals surface area contributed by atoms with E-state index in [-0.39, 0.29) is 5.82 Å². The first-order chi connectivity index (χ1) is 12.7. The molecule has 26 heavy (non-hydrogen) atoms. The first-order valence-electron chi connectivity index (χ1n) is 8.78. The number of rotatable bonds is 3. The summed E-state index contributed by atoms with van der Waals surface area (Å²) >= 11 is 0. The molecule has 0 radical (unpaired) electrons. The van der Waals surface area contributed by atoms with Gasteiger partial charge < -0.3 is 9.88 Å². The predicted molar refractivity (Wildman–Crippen MR) is 102 cm³/mol. The Labute approximate surface area is 151 Å². The molecule has 0 unspecified atom stereocenters. The Morgan fingerprint density at radius 3 is 2.77 bits per heavy atom. The van der Waals surface area contributed by atoms with Crippen molar-refractivity contribution in [2.75, 3.05) is 18.0 Å². The molecule has 2 aromatic carbocycles. The lowest BCUT2D eigenvalue weighted by Crippen LogP contribution is -2.19. The predicted octanol–water partition coefficient (Wildman–Crippen LogP) is 4.67. The second-order valence-electron chi connectivity index (χ2n) is 6.63. The van der Waals surface area contributed by atoms with Gasteiger partial charge in [0, 0.05) is 13.1 Å². The van der Waals surface area contributed by atoms with E-state index in [2.05, 4.69) is 20.9 Å². The van der Waals surface area contributed by atoms with Crippen LogP contribution in [0.3, 0.4) is 0 Å². The monoisotopic (exact) mass is 346 g/mol. The number of aromatic nitrogens is 2. The summed E-state index contributed by atoms with van der Waals surface area (Å²) in [6, 6.07) is 13.2. The number of nitrogens with zero attached hydrogens (tertiary/aromatic N) is 3. The summed E-state index contributed by atoms with van der Waals surface area (Å²) in [5.74, 6) is 0.253. The Kier molecular flexibility index (Phi) is 4.18. The first kappa shape index (κ1) is 16.3. The summed E-state index contributed by atoms with van der Waals surface area (Å²) in [5, 5.41) is 9.57. The van der Waals surface area contributed by atoms with Crippen LogP contribution >= 0.6 is 0 Å². The highest BCUT2D eigenvalue weighted by atomic mass is 19.1. The van der Waals surface area contributed by atoms with E-state index in [1.165, 1.54) is 6.07 Å². The fourth-order valence-electron chi connectivity index (χ4n) is 3.43. The molecule has 0 amide bonds. The Morgan fingerprint density at radius 2 is 2.04 bits per heavy atom. The number of imidazole rings is 1. The quantitative estimate of drug-likeness (QED) is 0.701. The summed E-state index contributed by atoms with van der Waals surface area (Å²) in [6.07, 6.45) is 3.90. The minimum Gasteiger partial charge on any atom is -0.369 e. The van der Waals surface area contributed by atoms with Gasteiger partial charge in [0.2, 0.25) is 0 Å². The molecule has 0 saturated carbocycles. The summed E-state index contributed by atoms with van der Waals surface area (Å²) in [5.41, 5.74) is 4.35. The normalized spacial score (nSPS) is 14.8. The van der Waals surface area contributed by atoms with Gasteiger partial charge >= 0.3 is 0 Å². The molecule has 130 valence electrons. The molecule has 1 aliphatic rings. The van der Waals surface area contributed by atoms with Crippen molar-refractivity contribution in [2.24, 2.45) is 0 Å². The van der Waals surface area contributed by atoms with Gasteiger partial charge in [-0.15, -0.1) is 0 Å². The Bertz CT molecular complexity index is 1000. The molecule has 0 spiro atoms. The van der Waals surface area contributed by atoms with Crippen molar-refractivity contribution in [1.82, 2.24) is 9.97 Å². The number of aryl methyl sites for hydroxylation is 1. The number of hydrogen-bond donors (Lipinski definition) is 1. The van der Waals surface area contributed by atoms with Crippen LogP contribution in [0.5, 0.6) is 0 Å². The van der Waals surface area contributed by atoms with Crippen molar-refractivity contribution in [3.63, 3.8) is 0 Å². The largest absolute Gasteiger partial charge is 0.369 e. The highest BCUT2D eigenvalue weighted by Crippen LogP contribution is 2.29. The van der Waals surface area contributed by atoms with Gasteiger partial charge in [0.05, 0.1) is 22.3 Å². The summed E-state index contributed by atoms with van der Waals surface area (Å²) in [4.78, 5) is 9.70. The molecular formula is C21H19FN4. The third-order valence-corrected chi connectivity index (χ3v) is 4.85. The number of aromatic amines is 1. The maximum absolute atomic E-state index is 14.6. The maximum atomic E-state index is 14.6. The highest BCUT2D eigenvalue weighted by Gasteiger charge is 2.17. The maximum Gasteiger partial charge on any atom is 0.149 e. The van der Waals surface area contributed by atoms with E-state index in [9.17, 15) is 9.65 Å². The second kappa shape index (κ2) is 6.64. The zero-order chi connectivity index (χ0) is 18.1. The lowest BCUT2D eigenvalue weighted by atomic mass is 10.0. The van der Waals surface area contributed by atoms with Crippen LogP contribution < -0.4 is 4.90 Å². The third kappa shape index (κ3) is 2.95. The minimum absolute atomic E-state index is 0.245. The first-order valence-corrected chi connectivity index (χ1v) is 8.78. The summed E-state index contributed by atoms with van der Waals surface area (Å²) in [7, 11) is 0. The average Bonchev–Trinajstić information content (AvgIpc) is 3.31. The third-order valence-electron chi connectivity index (χ3n) is 4.85. The van der Waals surface area contributed by atoms with Crippen molar-refractivity contribution in [1.29, 1.82) is 5.26 Å². The lowest BCUT2D eigenvalue weighted by molar-refractivity contribution is 0.622. The molecule has 1 N–H and O–H groups in total. The van der Waals surface area contributed by atoms with Gasteiger partial charge in [0.1, 0.15) is 17.7 Å². The number of anilines is 1. The number of para-hydroxylation sites is 2. The number of H-pyrrole nitrogens is 1. The molecule has 3 aromatic rings. The average molecular weight is 346 g/mol. The van der Waals surface area contributed by atoms with Crippen molar-refractivity contribution in [3.05, 3.63) is 59.2 Å². The number of halogens is 1. The van der Waals surface area contributed by atoms with Gasteiger partial charge in [-0.05, 0) is 61.2 Å². The van der Waals surface area contributed by atoms with E-state index < -0.39 is 0 Å². The molecule has 1 aromatic heterocycles. The zero-order valence-electron chi connectivity index (χ0n) is 14.6. The van der Waals surface area contributed by atoms with E-state index in [0.29, 0.717) is 22.6 Å². The smallest absolute Gasteiger partial charge is 0.149 e. The SMILES string of the molecule is Cc1cc(N2CCCC2)c(F)cc1C=C(C#N)c1nc2ccccc2[nH]1. The number of benzene rings is 2. The fourth-order valence-corrected chi connectivity index (χ4v) is 3.43. The van der Waals surface area contributed by atoms with Crippen molar-refractivity contribution in [3.8, 4) is 6.07 Å². The molecule has 0 aliphatic carbocycles. The molecule has 5 heteroatoms. The van der Waals surface area contributed by atoms with E-state index in [1.807, 2.05) is 37.3 Å². The van der Waals surface area contributed by atoms with Crippen LogP contribution in [0.25, 0.3) is 22.7 Å². The molecule has 0 atom stereocenters. The lowest BCUT2D eigenvalue weighted by Gasteiger charge is -2.19. The van der Waals surface area contributed by atoms with Crippen molar-refractivity contribution >= 4 is 28.4 Å². The van der Waals surface area contributed by atoms with Gasteiger partial charge in [0.15, 0.2) is 0 Å². The van der Waals surface area contributed by atoms with Gasteiger partial charge in [0.25, 0.3) is 0 Å². The summed E-state index contributed by atoms with van der Waals surface area (Å²) < 4.78 is 14.6. The van der Waals surface area contributed by atoms with Crippen LogP contribution in [-0.2, 0) is 0 Å². The van der Waals surface area contributed by atoms with E-state index in [0.717, 1.165) is 42.5 Å². The molecule has 2 heterocycles. The van der Waals surface area contributed by atoms with Crippen LogP contribution in [0.2, 0.25) is 0 Å². The minimum atomic E-state index is -0.245. The topological polar surface area (TPSA) is 55.7 Å². The Morgan fingerprint density at radius 1 is 1.27 bits per heavy atom. The van der Waals surface area contributed by atoms with Crippen LogP contribution in [0.4, 0.5) is 10.1 Å². The van der Waals surface area contributed by atoms with Crippen molar-refractivity contribution < 1.29 is 4.39 Å². The van der Waals surface area contributed by atoms with Gasteiger partial charge in [-0.3, -0.25) is 0 Å². The van der Waals surface area contributed by atoms with Gasteiger partial charge in [-0.25, -0.2) is 9.37 Å². The molecule has 1 aliphatic heterocycles. The number of fused-ring (bicyclic) bond motifs is 1. The zero-order valence-corrected chi connectivity index (χ0v) is 14.6. The number of nitrogens with one attached hydrogen (secondary N) is 1. The van der Waals surface area contributed by atoms with Crippen LogP contribution in [0, 0.1) is 24.1 Å². The van der Waals surface area contributed by atoms with Gasteiger partial charge in [-0.1, -0.05) is 12.1 Å². The van der Waals surface area contributed by atoms with E-state index in [1.54, 1.807) is 6.08 Å². The van der Waals surface area contributed by atoms with Crippen LogP contribution in [-0.4, -0.2) is 23.1 Å². The number of nitriles is 1. The standard InChI is InChI=1S/C21H19FN4/c1-14-10-20(26-8-4-5-9-26)17(22)12-15(14)11-16(13-23)21-24-18-6-2-3-7-19(18)25-21/h2-3,6-7,10-12H,4-5,8-9H2,1H3,(H,24,25). The van der Waals surface area contributed by atoms with Crippen molar-refractivity contribution in [2.45, 2.75) is 19.8 Å². The molecule has 4 nitrogen and oxygen atoms in total. The van der Waals surface area contributed by atoms with Crippen LogP contribution in [0.15, 0.2) is 36.4 Å². The number of allylic oxidation sites excluding steroid dienone is 1. The van der Waals surface area contributed by atoms with Crippen LogP contribution in [0.1, 0.15) is 29.8 Å². The van der Waals surface area contributed by atoms with Gasteiger partial charge in [-0.2, -0.15) is 5.26 Å². The second-order valence-corrected chi connectivity index (χ2v) is 6.63. The molecular weight excluding hydrogens is 327 g/mol. The molecule has 1 fully saturated rings. The summed E-state index contributed by atoms with van der Waals surface area (Å²) in [6.45, 7) is 3.74. The Balaban J connectivity index is 1.73.